The first-order valence-corrected chi connectivity index (χ1v) is 7.82. The van der Waals surface area contributed by atoms with Crippen LogP contribution in [0, 0.1) is 0 Å². The highest BCUT2D eigenvalue weighted by Crippen LogP contribution is 2.59. The Morgan fingerprint density at radius 1 is 0.842 bits per heavy atom. The van der Waals surface area contributed by atoms with Gasteiger partial charge in [-0.25, -0.2) is 0 Å². The van der Waals surface area contributed by atoms with E-state index < -0.39 is 0 Å². The van der Waals surface area contributed by atoms with Crippen LogP contribution in [0.1, 0.15) is 11.1 Å². The summed E-state index contributed by atoms with van der Waals surface area (Å²) in [6.07, 6.45) is 0. The summed E-state index contributed by atoms with van der Waals surface area (Å²) >= 11 is 3.51. The van der Waals surface area contributed by atoms with Crippen LogP contribution in [0.4, 0.5) is 0 Å². The molecule has 0 bridgehead atoms. The smallest absolute Gasteiger partial charge is 0.119 e. The highest BCUT2D eigenvalue weighted by atomic mass is 32.2. The van der Waals surface area contributed by atoms with Crippen LogP contribution in [0.15, 0.2) is 71.0 Å². The van der Waals surface area contributed by atoms with E-state index in [1.54, 1.807) is 23.5 Å². The zero-order valence-electron chi connectivity index (χ0n) is 10.3. The monoisotopic (exact) mass is 286 g/mol. The zero-order valence-corrected chi connectivity index (χ0v) is 12.0. The second-order valence-corrected chi connectivity index (χ2v) is 6.99. The molecule has 96 valence electrons. The predicted molar refractivity (Wildman–Crippen MR) is 84.0 cm³/mol. The summed E-state index contributed by atoms with van der Waals surface area (Å²) in [5.74, 6) is 0. The third-order valence-corrected chi connectivity index (χ3v) is 6.26. The van der Waals surface area contributed by atoms with Gasteiger partial charge in [0.05, 0.1) is 6.61 Å². The van der Waals surface area contributed by atoms with E-state index in [4.69, 9.17) is 0 Å². The van der Waals surface area contributed by atoms with Crippen molar-refractivity contribution >= 4 is 23.5 Å². The quantitative estimate of drug-likeness (QED) is 0.913. The van der Waals surface area contributed by atoms with E-state index in [0.29, 0.717) is 0 Å². The van der Waals surface area contributed by atoms with Gasteiger partial charge in [-0.2, -0.15) is 0 Å². The van der Waals surface area contributed by atoms with Crippen molar-refractivity contribution in [3.63, 3.8) is 0 Å². The van der Waals surface area contributed by atoms with Crippen molar-refractivity contribution in [3.8, 4) is 0 Å². The van der Waals surface area contributed by atoms with Gasteiger partial charge in [0.2, 0.25) is 0 Å². The van der Waals surface area contributed by atoms with E-state index in [9.17, 15) is 5.11 Å². The fourth-order valence-electron chi connectivity index (χ4n) is 2.19. The van der Waals surface area contributed by atoms with Crippen LogP contribution in [-0.2, 0) is 4.08 Å². The van der Waals surface area contributed by atoms with E-state index >= 15 is 0 Å². The molecule has 0 aromatic heterocycles. The lowest BCUT2D eigenvalue weighted by atomic mass is 10.0. The van der Waals surface area contributed by atoms with Crippen molar-refractivity contribution in [1.29, 1.82) is 0 Å². The molecule has 3 heteroatoms. The number of hydrogen-bond acceptors (Lipinski definition) is 3. The molecule has 19 heavy (non-hydrogen) atoms. The molecule has 2 aromatic rings. The van der Waals surface area contributed by atoms with Crippen LogP contribution in [0.25, 0.3) is 0 Å². The van der Waals surface area contributed by atoms with Gasteiger partial charge in [0.25, 0.3) is 0 Å². The maximum absolute atomic E-state index is 9.39. The summed E-state index contributed by atoms with van der Waals surface area (Å²) in [6.45, 7) is 0.110. The van der Waals surface area contributed by atoms with E-state index in [-0.39, 0.29) is 10.7 Å². The molecule has 2 aromatic carbocycles. The summed E-state index contributed by atoms with van der Waals surface area (Å²) in [4.78, 5) is 1.03. The Bertz CT molecular complexity index is 539. The van der Waals surface area contributed by atoms with E-state index in [0.717, 1.165) is 4.91 Å². The molecule has 0 unspecified atom stereocenters. The molecule has 1 aliphatic heterocycles. The van der Waals surface area contributed by atoms with E-state index in [2.05, 4.69) is 53.9 Å². The number of aliphatic hydroxyl groups is 1. The van der Waals surface area contributed by atoms with Gasteiger partial charge in [0.1, 0.15) is 4.08 Å². The molecule has 0 aliphatic carbocycles. The Labute approximate surface area is 121 Å². The van der Waals surface area contributed by atoms with Gasteiger partial charge in [0.15, 0.2) is 0 Å². The number of hydrogen-bond donors (Lipinski definition) is 1. The molecule has 0 atom stereocenters. The fraction of sp³-hybridized carbons (Fsp3) is 0.125. The number of benzene rings is 2. The molecule has 1 nitrogen and oxygen atoms in total. The van der Waals surface area contributed by atoms with Crippen LogP contribution >= 0.6 is 23.5 Å². The van der Waals surface area contributed by atoms with Crippen molar-refractivity contribution in [3.05, 3.63) is 82.1 Å². The Balaban J connectivity index is 2.08. The topological polar surface area (TPSA) is 20.2 Å². The van der Waals surface area contributed by atoms with E-state index in [1.807, 2.05) is 12.1 Å². The lowest BCUT2D eigenvalue weighted by Crippen LogP contribution is -2.16. The zero-order chi connectivity index (χ0) is 13.1. The lowest BCUT2D eigenvalue weighted by molar-refractivity contribution is 0.340. The van der Waals surface area contributed by atoms with Crippen molar-refractivity contribution in [2.75, 3.05) is 6.61 Å². The third kappa shape index (κ3) is 2.34. The van der Waals surface area contributed by atoms with Crippen LogP contribution < -0.4 is 0 Å². The molecule has 1 N–H and O–H groups in total. The van der Waals surface area contributed by atoms with Crippen LogP contribution in [0.2, 0.25) is 0 Å². The Kier molecular flexibility index (Phi) is 3.69. The third-order valence-electron chi connectivity index (χ3n) is 3.09. The predicted octanol–water partition coefficient (Wildman–Crippen LogP) is 4.20. The van der Waals surface area contributed by atoms with Crippen LogP contribution in [0.3, 0.4) is 0 Å². The second-order valence-electron chi connectivity index (χ2n) is 4.31. The highest BCUT2D eigenvalue weighted by Gasteiger charge is 2.39. The second kappa shape index (κ2) is 5.45. The molecule has 0 fully saturated rings. The summed E-state index contributed by atoms with van der Waals surface area (Å²) in [5.41, 5.74) is 2.52. The average Bonchev–Trinajstić information content (AvgIpc) is 2.95. The molecule has 0 radical (unpaired) electrons. The summed E-state index contributed by atoms with van der Waals surface area (Å²) in [5, 5.41) is 11.5. The molecule has 1 heterocycles. The largest absolute Gasteiger partial charge is 0.391 e. The standard InChI is InChI=1S/C16H14OS2/c17-11-15-12-18-16(19-15,13-7-3-1-4-8-13)14-9-5-2-6-10-14/h1-10,12,17H,11H2. The van der Waals surface area contributed by atoms with Gasteiger partial charge in [0, 0.05) is 4.91 Å². The Morgan fingerprint density at radius 2 is 1.37 bits per heavy atom. The van der Waals surface area contributed by atoms with Gasteiger partial charge < -0.3 is 5.11 Å². The summed E-state index contributed by atoms with van der Waals surface area (Å²) in [7, 11) is 0. The van der Waals surface area contributed by atoms with Crippen molar-refractivity contribution in [2.24, 2.45) is 0 Å². The van der Waals surface area contributed by atoms with Gasteiger partial charge >= 0.3 is 0 Å². The first-order valence-electron chi connectivity index (χ1n) is 6.13. The molecular formula is C16H14OS2. The molecule has 0 saturated heterocycles. The molecule has 0 saturated carbocycles. The number of rotatable bonds is 3. The maximum Gasteiger partial charge on any atom is 0.119 e. The molecule has 1 aliphatic rings. The maximum atomic E-state index is 9.39. The van der Waals surface area contributed by atoms with Gasteiger partial charge in [-0.15, -0.1) is 11.8 Å². The molecular weight excluding hydrogens is 272 g/mol. The molecule has 0 amide bonds. The van der Waals surface area contributed by atoms with Gasteiger partial charge in [-0.1, -0.05) is 72.4 Å². The molecule has 0 spiro atoms. The molecule has 3 rings (SSSR count). The SMILES string of the molecule is OCC1=CSC(c2ccccc2)(c2ccccc2)S1. The number of aliphatic hydroxyl groups excluding tert-OH is 1. The van der Waals surface area contributed by atoms with E-state index in [1.165, 1.54) is 11.1 Å². The average molecular weight is 286 g/mol. The van der Waals surface area contributed by atoms with Gasteiger partial charge in [-0.05, 0) is 16.5 Å². The first kappa shape index (κ1) is 12.9. The fourth-order valence-corrected chi connectivity index (χ4v) is 5.04. The minimum Gasteiger partial charge on any atom is -0.391 e. The normalized spacial score (nSPS) is 17.2. The number of thioether (sulfide) groups is 2. The minimum atomic E-state index is -0.166. The Morgan fingerprint density at radius 3 is 1.79 bits per heavy atom. The summed E-state index contributed by atoms with van der Waals surface area (Å²) < 4.78 is -0.166. The van der Waals surface area contributed by atoms with Crippen molar-refractivity contribution in [1.82, 2.24) is 0 Å². The van der Waals surface area contributed by atoms with Crippen LogP contribution in [0.5, 0.6) is 0 Å². The highest BCUT2D eigenvalue weighted by molar-refractivity contribution is 8.23. The van der Waals surface area contributed by atoms with Crippen molar-refractivity contribution in [2.45, 2.75) is 4.08 Å². The summed E-state index contributed by atoms with van der Waals surface area (Å²) in [6, 6.07) is 21.0. The first-order chi connectivity index (χ1) is 9.35. The van der Waals surface area contributed by atoms with Crippen LogP contribution in [-0.4, -0.2) is 11.7 Å². The van der Waals surface area contributed by atoms with Crippen molar-refractivity contribution < 1.29 is 5.11 Å². The lowest BCUT2D eigenvalue weighted by Gasteiger charge is -2.29. The Hall–Kier alpha value is -1.16. The minimum absolute atomic E-state index is 0.110. The van der Waals surface area contributed by atoms with Gasteiger partial charge in [-0.3, -0.25) is 0 Å².